The first kappa shape index (κ1) is 31.1. The molecule has 0 heterocycles. The van der Waals surface area contributed by atoms with Crippen molar-refractivity contribution in [1.29, 1.82) is 0 Å². The van der Waals surface area contributed by atoms with Crippen LogP contribution in [-0.4, -0.2) is 58.6 Å². The Kier molecular flexibility index (Phi) is 11.7. The Morgan fingerprint density at radius 3 is 1.29 bits per heavy atom. The predicted octanol–water partition coefficient (Wildman–Crippen LogP) is 7.59. The molecule has 0 bridgehead atoms. The quantitative estimate of drug-likeness (QED) is 0.186. The van der Waals surface area contributed by atoms with Gasteiger partial charge in [0.15, 0.2) is 0 Å². The third kappa shape index (κ3) is 9.96. The van der Waals surface area contributed by atoms with Crippen LogP contribution in [0.3, 0.4) is 0 Å². The average Bonchev–Trinajstić information content (AvgIpc) is 2.90. The van der Waals surface area contributed by atoms with Crippen LogP contribution in [0.15, 0.2) is 80.2 Å². The van der Waals surface area contributed by atoms with E-state index in [1.165, 1.54) is 9.79 Å². The molecule has 206 valence electrons. The molecular formula is C30H38O4S4. The van der Waals surface area contributed by atoms with Crippen LogP contribution >= 0.6 is 47.0 Å². The number of hydrogen-bond acceptors (Lipinski definition) is 8. The van der Waals surface area contributed by atoms with Gasteiger partial charge in [-0.25, -0.2) is 0 Å². The molecule has 4 nitrogen and oxygen atoms in total. The monoisotopic (exact) mass is 590 g/mol. The third-order valence-electron chi connectivity index (χ3n) is 5.77. The Bertz CT molecular complexity index is 1070. The first-order valence-corrected chi connectivity index (χ1v) is 16.8. The highest BCUT2D eigenvalue weighted by Gasteiger charge is 2.24. The van der Waals surface area contributed by atoms with E-state index in [-0.39, 0.29) is 13.2 Å². The van der Waals surface area contributed by atoms with E-state index in [0.717, 1.165) is 20.9 Å². The number of rotatable bonds is 14. The smallest absolute Gasteiger partial charge is 0.126 e. The lowest BCUT2D eigenvalue weighted by atomic mass is 10.1. The van der Waals surface area contributed by atoms with Crippen molar-refractivity contribution in [2.24, 2.45) is 0 Å². The zero-order valence-electron chi connectivity index (χ0n) is 22.9. The highest BCUT2D eigenvalue weighted by molar-refractivity contribution is 8.00. The van der Waals surface area contributed by atoms with Gasteiger partial charge in [-0.1, -0.05) is 0 Å². The zero-order chi connectivity index (χ0) is 27.8. The number of aliphatic hydroxyl groups is 2. The van der Waals surface area contributed by atoms with Crippen LogP contribution in [0.4, 0.5) is 0 Å². The van der Waals surface area contributed by atoms with Gasteiger partial charge in [0.05, 0.1) is 0 Å². The lowest BCUT2D eigenvalue weighted by Gasteiger charge is -2.25. The average molecular weight is 591 g/mol. The molecule has 3 aromatic carbocycles. The molecule has 0 aliphatic carbocycles. The van der Waals surface area contributed by atoms with Gasteiger partial charge in [0.1, 0.15) is 35.9 Å². The van der Waals surface area contributed by atoms with E-state index in [1.54, 1.807) is 60.9 Å². The molecule has 2 unspecified atom stereocenters. The highest BCUT2D eigenvalue weighted by atomic mass is 32.2. The highest BCUT2D eigenvalue weighted by Crippen LogP contribution is 2.32. The van der Waals surface area contributed by atoms with Crippen molar-refractivity contribution < 1.29 is 19.7 Å². The first-order valence-electron chi connectivity index (χ1n) is 12.4. The second-order valence-electron chi connectivity index (χ2n) is 9.88. The van der Waals surface area contributed by atoms with Gasteiger partial charge in [0.25, 0.3) is 0 Å². The van der Waals surface area contributed by atoms with Crippen molar-refractivity contribution in [1.82, 2.24) is 0 Å². The maximum atomic E-state index is 10.9. The minimum absolute atomic E-state index is 0.163. The van der Waals surface area contributed by atoms with E-state index in [2.05, 4.69) is 61.0 Å². The normalized spacial score (nSPS) is 14.5. The maximum absolute atomic E-state index is 10.9. The summed E-state index contributed by atoms with van der Waals surface area (Å²) in [4.78, 5) is 4.68. The number of ether oxygens (including phenoxy) is 2. The molecule has 3 rings (SSSR count). The number of benzene rings is 3. The summed E-state index contributed by atoms with van der Waals surface area (Å²) in [6, 6.07) is 20.6. The predicted molar refractivity (Wildman–Crippen MR) is 166 cm³/mol. The number of aryl methyl sites for hydroxylation is 2. The molecule has 3 aromatic rings. The SMILES string of the molecule is CSc1ccc(SCC(C)(O)COc2cc(OCC(C)(O)CSc3ccc(SC)cc3)c(C)cc2C)cc1. The molecular weight excluding hydrogens is 553 g/mol. The molecule has 0 radical (unpaired) electrons. The molecule has 2 atom stereocenters. The fraction of sp³-hybridized carbons (Fsp3) is 0.400. The van der Waals surface area contributed by atoms with Crippen molar-refractivity contribution in [2.45, 2.75) is 58.5 Å². The fourth-order valence-corrected chi connectivity index (χ4v) is 6.09. The van der Waals surface area contributed by atoms with Crippen LogP contribution < -0.4 is 9.47 Å². The van der Waals surface area contributed by atoms with Gasteiger partial charge in [-0.15, -0.1) is 47.0 Å². The molecule has 8 heteroatoms. The van der Waals surface area contributed by atoms with Gasteiger partial charge in [0.2, 0.25) is 0 Å². The van der Waals surface area contributed by atoms with Crippen molar-refractivity contribution in [2.75, 3.05) is 37.2 Å². The number of thioether (sulfide) groups is 4. The Balaban J connectivity index is 1.54. The Labute approximate surface area is 244 Å². The summed E-state index contributed by atoms with van der Waals surface area (Å²) >= 11 is 6.65. The van der Waals surface area contributed by atoms with E-state index in [0.29, 0.717) is 23.0 Å². The molecule has 38 heavy (non-hydrogen) atoms. The van der Waals surface area contributed by atoms with E-state index in [9.17, 15) is 10.2 Å². The maximum Gasteiger partial charge on any atom is 0.126 e. The van der Waals surface area contributed by atoms with E-state index >= 15 is 0 Å². The zero-order valence-corrected chi connectivity index (χ0v) is 26.2. The first-order chi connectivity index (χ1) is 18.0. The van der Waals surface area contributed by atoms with E-state index in [4.69, 9.17) is 9.47 Å². The summed E-state index contributed by atoms with van der Waals surface area (Å²) in [5.74, 6) is 2.37. The molecule has 0 spiro atoms. The summed E-state index contributed by atoms with van der Waals surface area (Å²) < 4.78 is 12.1. The van der Waals surface area contributed by atoms with E-state index in [1.807, 2.05) is 26.0 Å². The van der Waals surface area contributed by atoms with E-state index < -0.39 is 11.2 Å². The summed E-state index contributed by atoms with van der Waals surface area (Å²) in [6.45, 7) is 7.88. The van der Waals surface area contributed by atoms with Gasteiger partial charge in [-0.3, -0.25) is 0 Å². The van der Waals surface area contributed by atoms with Crippen LogP contribution in [0.5, 0.6) is 11.5 Å². The molecule has 0 saturated carbocycles. The molecule has 0 amide bonds. The third-order valence-corrected chi connectivity index (χ3v) is 10.00. The summed E-state index contributed by atoms with van der Waals surface area (Å²) in [7, 11) is 0. The summed E-state index contributed by atoms with van der Waals surface area (Å²) in [6.07, 6.45) is 4.12. The summed E-state index contributed by atoms with van der Waals surface area (Å²) in [5, 5.41) is 21.9. The lowest BCUT2D eigenvalue weighted by Crippen LogP contribution is -2.35. The second-order valence-corrected chi connectivity index (χ2v) is 13.7. The Hall–Kier alpha value is -1.42. The molecule has 2 N–H and O–H groups in total. The van der Waals surface area contributed by atoms with Crippen molar-refractivity contribution >= 4 is 47.0 Å². The largest absolute Gasteiger partial charge is 0.490 e. The van der Waals surface area contributed by atoms with Gasteiger partial charge in [0, 0.05) is 37.2 Å². The van der Waals surface area contributed by atoms with Gasteiger partial charge >= 0.3 is 0 Å². The van der Waals surface area contributed by atoms with Gasteiger partial charge < -0.3 is 19.7 Å². The van der Waals surface area contributed by atoms with Gasteiger partial charge in [-0.05, 0) is 106 Å². The minimum Gasteiger partial charge on any atom is -0.490 e. The molecule has 0 aliphatic heterocycles. The molecule has 0 saturated heterocycles. The van der Waals surface area contributed by atoms with Crippen molar-refractivity contribution in [3.05, 3.63) is 71.8 Å². The molecule has 0 fully saturated rings. The van der Waals surface area contributed by atoms with Crippen LogP contribution in [0.1, 0.15) is 25.0 Å². The van der Waals surface area contributed by atoms with Crippen molar-refractivity contribution in [3.63, 3.8) is 0 Å². The second kappa shape index (κ2) is 14.3. The van der Waals surface area contributed by atoms with Crippen LogP contribution in [-0.2, 0) is 0 Å². The number of hydrogen-bond donors (Lipinski definition) is 2. The van der Waals surface area contributed by atoms with Crippen molar-refractivity contribution in [3.8, 4) is 11.5 Å². The topological polar surface area (TPSA) is 58.9 Å². The standard InChI is InChI=1S/C30H38O4S4/c1-21-15-22(2)28(34-18-30(4,32)20-38-26-13-9-24(36-6)10-14-26)16-27(21)33-17-29(3,31)19-37-25-11-7-23(35-5)8-12-25/h7-16,31-32H,17-20H2,1-6H3. The van der Waals surface area contributed by atoms with Gasteiger partial charge in [-0.2, -0.15) is 0 Å². The molecule has 0 aromatic heterocycles. The lowest BCUT2D eigenvalue weighted by molar-refractivity contribution is 0.0300. The Morgan fingerprint density at radius 2 is 0.947 bits per heavy atom. The van der Waals surface area contributed by atoms with Crippen LogP contribution in [0.25, 0.3) is 0 Å². The fourth-order valence-electron chi connectivity index (χ4n) is 3.50. The Morgan fingerprint density at radius 1 is 0.605 bits per heavy atom. The van der Waals surface area contributed by atoms with Crippen LogP contribution in [0, 0.1) is 13.8 Å². The van der Waals surface area contributed by atoms with Crippen LogP contribution in [0.2, 0.25) is 0 Å². The summed E-state index contributed by atoms with van der Waals surface area (Å²) in [5.41, 5.74) is -0.0597. The molecule has 0 aliphatic rings. The minimum atomic E-state index is -1.00.